The third-order valence-electron chi connectivity index (χ3n) is 4.45. The lowest BCUT2D eigenvalue weighted by Gasteiger charge is -2.10. The highest BCUT2D eigenvalue weighted by molar-refractivity contribution is 14.0. The van der Waals surface area contributed by atoms with E-state index in [1.165, 1.54) is 18.2 Å². The van der Waals surface area contributed by atoms with Crippen LogP contribution in [0.3, 0.4) is 0 Å². The molecule has 27 heavy (non-hydrogen) atoms. The molecule has 1 aliphatic carbocycles. The monoisotopic (exact) mass is 487 g/mol. The fourth-order valence-corrected chi connectivity index (χ4v) is 3.10. The maximum absolute atomic E-state index is 13.8. The summed E-state index contributed by atoms with van der Waals surface area (Å²) in [5.41, 5.74) is 6.75. The summed E-state index contributed by atoms with van der Waals surface area (Å²) >= 11 is 0. The van der Waals surface area contributed by atoms with Crippen LogP contribution in [0.15, 0.2) is 41.4 Å². The van der Waals surface area contributed by atoms with Gasteiger partial charge in [-0.3, -0.25) is 0 Å². The quantitative estimate of drug-likeness (QED) is 0.390. The van der Waals surface area contributed by atoms with Crippen LogP contribution in [0.4, 0.5) is 14.5 Å². The van der Waals surface area contributed by atoms with Gasteiger partial charge in [-0.15, -0.1) is 24.0 Å². The van der Waals surface area contributed by atoms with Crippen LogP contribution < -0.4 is 20.5 Å². The number of rotatable bonds is 3. The lowest BCUT2D eigenvalue weighted by atomic mass is 10.1. The van der Waals surface area contributed by atoms with Crippen molar-refractivity contribution in [2.75, 3.05) is 18.5 Å². The number of nitrogens with zero attached hydrogens (tertiary/aromatic N) is 1. The molecule has 4 rings (SSSR count). The molecule has 3 N–H and O–H groups in total. The van der Waals surface area contributed by atoms with Crippen molar-refractivity contribution in [3.05, 3.63) is 53.6 Å². The first-order valence-electron chi connectivity index (χ1n) is 8.55. The molecule has 1 fully saturated rings. The van der Waals surface area contributed by atoms with Gasteiger partial charge in [-0.25, -0.2) is 13.8 Å². The van der Waals surface area contributed by atoms with Crippen molar-refractivity contribution in [3.8, 4) is 11.5 Å². The van der Waals surface area contributed by atoms with Gasteiger partial charge >= 0.3 is 0 Å². The Balaban J connectivity index is 0.00000210. The summed E-state index contributed by atoms with van der Waals surface area (Å²) < 4.78 is 38.9. The molecule has 0 amide bonds. The molecule has 0 aromatic heterocycles. The Bertz CT molecular complexity index is 843. The predicted molar refractivity (Wildman–Crippen MR) is 110 cm³/mol. The summed E-state index contributed by atoms with van der Waals surface area (Å²) in [6.45, 7) is 1.22. The second kappa shape index (κ2) is 8.28. The van der Waals surface area contributed by atoms with E-state index < -0.39 is 11.6 Å². The molecular formula is C19H20F2IN3O2. The van der Waals surface area contributed by atoms with Crippen LogP contribution in [-0.2, 0) is 0 Å². The normalized spacial score (nSPS) is 21.0. The van der Waals surface area contributed by atoms with Gasteiger partial charge in [0, 0.05) is 29.7 Å². The van der Waals surface area contributed by atoms with E-state index in [0.717, 1.165) is 6.42 Å². The number of hydrogen-bond donors (Lipinski definition) is 2. The molecule has 2 unspecified atom stereocenters. The summed E-state index contributed by atoms with van der Waals surface area (Å²) in [4.78, 5) is 4.33. The van der Waals surface area contributed by atoms with E-state index in [0.29, 0.717) is 36.8 Å². The average Bonchev–Trinajstić information content (AvgIpc) is 3.37. The molecule has 0 radical (unpaired) electrons. The second-order valence-electron chi connectivity index (χ2n) is 6.40. The Morgan fingerprint density at radius 1 is 1.07 bits per heavy atom. The van der Waals surface area contributed by atoms with Crippen molar-refractivity contribution in [1.82, 2.24) is 0 Å². The van der Waals surface area contributed by atoms with Crippen molar-refractivity contribution in [2.24, 2.45) is 10.7 Å². The highest BCUT2D eigenvalue weighted by Crippen LogP contribution is 2.45. The predicted octanol–water partition coefficient (Wildman–Crippen LogP) is 4.03. The van der Waals surface area contributed by atoms with Gasteiger partial charge in [-0.2, -0.15) is 0 Å². The number of aliphatic imine (C=N–C) groups is 1. The van der Waals surface area contributed by atoms with Gasteiger partial charge in [0.15, 0.2) is 17.5 Å². The van der Waals surface area contributed by atoms with E-state index in [1.54, 1.807) is 6.07 Å². The molecular weight excluding hydrogens is 467 g/mol. The van der Waals surface area contributed by atoms with Crippen molar-refractivity contribution in [1.29, 1.82) is 0 Å². The zero-order valence-electron chi connectivity index (χ0n) is 14.5. The number of nitrogens with two attached hydrogens (primary N) is 1. The Hall–Kier alpha value is -2.10. The van der Waals surface area contributed by atoms with Crippen molar-refractivity contribution >= 4 is 35.6 Å². The number of benzene rings is 2. The summed E-state index contributed by atoms with van der Waals surface area (Å²) in [5.74, 6) is 0.187. The maximum Gasteiger partial charge on any atom is 0.193 e. The number of nitrogens with one attached hydrogen (secondary N) is 1. The fourth-order valence-electron chi connectivity index (χ4n) is 3.10. The van der Waals surface area contributed by atoms with E-state index in [2.05, 4.69) is 10.3 Å². The van der Waals surface area contributed by atoms with E-state index in [1.807, 2.05) is 12.1 Å². The first kappa shape index (κ1) is 19.7. The van der Waals surface area contributed by atoms with Crippen LogP contribution >= 0.6 is 24.0 Å². The number of fused-ring (bicyclic) bond motifs is 1. The van der Waals surface area contributed by atoms with E-state index in [9.17, 15) is 8.78 Å². The van der Waals surface area contributed by atoms with Gasteiger partial charge in [0.2, 0.25) is 0 Å². The Kier molecular flexibility index (Phi) is 6.03. The van der Waals surface area contributed by atoms with Gasteiger partial charge in [-0.05, 0) is 30.7 Å². The number of anilines is 1. The highest BCUT2D eigenvalue weighted by Gasteiger charge is 2.42. The number of ether oxygens (including phenoxy) is 2. The summed E-state index contributed by atoms with van der Waals surface area (Å²) in [6.07, 6.45) is 1.40. The molecule has 5 nitrogen and oxygen atoms in total. The number of hydrogen-bond acceptors (Lipinski definition) is 3. The molecule has 2 aromatic carbocycles. The van der Waals surface area contributed by atoms with Crippen LogP contribution in [0.1, 0.15) is 24.3 Å². The first-order chi connectivity index (χ1) is 12.6. The molecule has 0 bridgehead atoms. The van der Waals surface area contributed by atoms with Gasteiger partial charge in [-0.1, -0.05) is 6.07 Å². The zero-order chi connectivity index (χ0) is 18.1. The molecule has 0 spiro atoms. The molecule has 2 aromatic rings. The van der Waals surface area contributed by atoms with Crippen LogP contribution in [0.25, 0.3) is 0 Å². The average molecular weight is 487 g/mol. The van der Waals surface area contributed by atoms with Gasteiger partial charge in [0.25, 0.3) is 0 Å². The second-order valence-corrected chi connectivity index (χ2v) is 6.40. The van der Waals surface area contributed by atoms with Crippen molar-refractivity contribution < 1.29 is 18.3 Å². The van der Waals surface area contributed by atoms with Crippen LogP contribution in [0.2, 0.25) is 0 Å². The summed E-state index contributed by atoms with van der Waals surface area (Å²) in [6, 6.07) is 9.07. The van der Waals surface area contributed by atoms with Crippen LogP contribution in [-0.4, -0.2) is 25.2 Å². The molecule has 2 atom stereocenters. The standard InChI is InChI=1S/C19H19F2N3O2.HI/c20-13-3-1-4-14(21)18(13)12-10-15(12)24-19(22)23-11-5-6-16-17(9-11)26-8-2-7-25-16;/h1,3-6,9,12,15H,2,7-8,10H2,(H3,22,23,24);1H. The Labute approximate surface area is 173 Å². The van der Waals surface area contributed by atoms with Gasteiger partial charge in [0.1, 0.15) is 11.6 Å². The molecule has 144 valence electrons. The molecule has 2 aliphatic rings. The van der Waals surface area contributed by atoms with Gasteiger partial charge < -0.3 is 20.5 Å². The molecule has 1 aliphatic heterocycles. The highest BCUT2D eigenvalue weighted by atomic mass is 127. The summed E-state index contributed by atoms with van der Waals surface area (Å²) in [5, 5.41) is 2.99. The molecule has 1 saturated carbocycles. The molecule has 0 saturated heterocycles. The zero-order valence-corrected chi connectivity index (χ0v) is 16.8. The lowest BCUT2D eigenvalue weighted by molar-refractivity contribution is 0.297. The van der Waals surface area contributed by atoms with Gasteiger partial charge in [0.05, 0.1) is 19.3 Å². The lowest BCUT2D eigenvalue weighted by Crippen LogP contribution is -2.23. The minimum atomic E-state index is -0.540. The largest absolute Gasteiger partial charge is 0.490 e. The molecule has 1 heterocycles. The topological polar surface area (TPSA) is 68.9 Å². The minimum Gasteiger partial charge on any atom is -0.490 e. The SMILES string of the molecule is I.NC(=NC1CC1c1c(F)cccc1F)Nc1ccc2c(c1)OCCCO2. The fraction of sp³-hybridized carbons (Fsp3) is 0.316. The van der Waals surface area contributed by atoms with Crippen LogP contribution in [0.5, 0.6) is 11.5 Å². The first-order valence-corrected chi connectivity index (χ1v) is 8.55. The van der Waals surface area contributed by atoms with Crippen LogP contribution in [0, 0.1) is 11.6 Å². The van der Waals surface area contributed by atoms with Crippen molar-refractivity contribution in [3.63, 3.8) is 0 Å². The number of halogens is 3. The Morgan fingerprint density at radius 3 is 2.52 bits per heavy atom. The van der Waals surface area contributed by atoms with E-state index in [4.69, 9.17) is 15.2 Å². The third-order valence-corrected chi connectivity index (χ3v) is 4.45. The molecule has 8 heteroatoms. The third kappa shape index (κ3) is 4.42. The maximum atomic E-state index is 13.8. The van der Waals surface area contributed by atoms with E-state index in [-0.39, 0.29) is 47.5 Å². The smallest absolute Gasteiger partial charge is 0.193 e. The summed E-state index contributed by atoms with van der Waals surface area (Å²) in [7, 11) is 0. The Morgan fingerprint density at radius 2 is 1.78 bits per heavy atom. The minimum absolute atomic E-state index is 0. The van der Waals surface area contributed by atoms with E-state index >= 15 is 0 Å². The van der Waals surface area contributed by atoms with Crippen molar-refractivity contribution in [2.45, 2.75) is 24.8 Å². The number of guanidine groups is 1.